The molecule has 5 nitrogen and oxygen atoms in total. The normalized spacial score (nSPS) is 11.0. The number of aromatic nitrogens is 3. The lowest BCUT2D eigenvalue weighted by Gasteiger charge is -1.95. The van der Waals surface area contributed by atoms with Gasteiger partial charge in [0.2, 0.25) is 5.89 Å². The summed E-state index contributed by atoms with van der Waals surface area (Å²) in [6, 6.07) is 12.1. The number of fused-ring (bicyclic) bond motifs is 1. The molecule has 0 bridgehead atoms. The fourth-order valence-electron chi connectivity index (χ4n) is 2.04. The second-order valence-corrected chi connectivity index (χ2v) is 6.12. The predicted molar refractivity (Wildman–Crippen MR) is 87.6 cm³/mol. The number of nitrogens with zero attached hydrogens (tertiary/aromatic N) is 3. The Morgan fingerprint density at radius 1 is 1.09 bits per heavy atom. The molecule has 114 valence electrons. The molecule has 2 heterocycles. The molecule has 2 aromatic carbocycles. The zero-order valence-corrected chi connectivity index (χ0v) is 13.0. The van der Waals surface area contributed by atoms with E-state index in [2.05, 4.69) is 20.5 Å². The van der Waals surface area contributed by atoms with Gasteiger partial charge >= 0.3 is 6.01 Å². The summed E-state index contributed by atoms with van der Waals surface area (Å²) in [5.41, 5.74) is 1.07. The monoisotopic (exact) mass is 346 g/mol. The van der Waals surface area contributed by atoms with Crippen molar-refractivity contribution >= 4 is 44.3 Å². The van der Waals surface area contributed by atoms with Crippen LogP contribution in [-0.2, 0) is 0 Å². The first-order valence-corrected chi connectivity index (χ1v) is 7.80. The summed E-state index contributed by atoms with van der Waals surface area (Å²) >= 11 is 7.15. The number of thiazole rings is 1. The summed E-state index contributed by atoms with van der Waals surface area (Å²) in [7, 11) is 0. The van der Waals surface area contributed by atoms with E-state index in [1.807, 2.05) is 0 Å². The molecule has 0 radical (unpaired) electrons. The summed E-state index contributed by atoms with van der Waals surface area (Å²) in [4.78, 5) is 4.19. The van der Waals surface area contributed by atoms with Crippen molar-refractivity contribution < 1.29 is 8.81 Å². The maximum atomic E-state index is 13.7. The van der Waals surface area contributed by atoms with Crippen molar-refractivity contribution in [2.45, 2.75) is 0 Å². The number of para-hydroxylation sites is 1. The smallest absolute Gasteiger partial charge is 0.322 e. The van der Waals surface area contributed by atoms with Crippen LogP contribution >= 0.6 is 22.9 Å². The van der Waals surface area contributed by atoms with Crippen LogP contribution in [0, 0.1) is 5.82 Å². The van der Waals surface area contributed by atoms with E-state index in [1.165, 1.54) is 17.4 Å². The van der Waals surface area contributed by atoms with Crippen molar-refractivity contribution in [2.75, 3.05) is 5.32 Å². The quantitative estimate of drug-likeness (QED) is 0.572. The molecule has 8 heteroatoms. The van der Waals surface area contributed by atoms with Crippen molar-refractivity contribution in [2.24, 2.45) is 0 Å². The summed E-state index contributed by atoms with van der Waals surface area (Å²) in [5.74, 6) is -0.00404. The van der Waals surface area contributed by atoms with E-state index < -0.39 is 0 Å². The van der Waals surface area contributed by atoms with E-state index in [0.717, 1.165) is 10.3 Å². The highest BCUT2D eigenvalue weighted by molar-refractivity contribution is 7.22. The fourth-order valence-corrected chi connectivity index (χ4v) is 3.04. The Morgan fingerprint density at radius 3 is 2.70 bits per heavy atom. The Kier molecular flexibility index (Phi) is 3.44. The number of rotatable bonds is 3. The molecule has 0 fully saturated rings. The summed E-state index contributed by atoms with van der Waals surface area (Å²) in [6.07, 6.45) is 0. The second kappa shape index (κ2) is 5.60. The van der Waals surface area contributed by atoms with E-state index in [4.69, 9.17) is 16.0 Å². The van der Waals surface area contributed by atoms with E-state index >= 15 is 0 Å². The standard InChI is InChI=1S/C15H8ClFN4OS/c16-9-6-4-8(5-7-9)13-20-21-14(22-13)19-15-18-12-10(17)2-1-3-11(12)23-15/h1-7H,(H,18,19,21). The molecular formula is C15H8ClFN4OS. The van der Waals surface area contributed by atoms with Crippen LogP contribution < -0.4 is 5.32 Å². The number of hydrogen-bond donors (Lipinski definition) is 1. The highest BCUT2D eigenvalue weighted by Crippen LogP contribution is 2.30. The Bertz CT molecular complexity index is 983. The first-order valence-electron chi connectivity index (χ1n) is 6.60. The zero-order valence-electron chi connectivity index (χ0n) is 11.5. The van der Waals surface area contributed by atoms with Crippen LogP contribution in [0.2, 0.25) is 5.02 Å². The molecule has 0 spiro atoms. The van der Waals surface area contributed by atoms with E-state index in [9.17, 15) is 4.39 Å². The maximum Gasteiger partial charge on any atom is 0.322 e. The first kappa shape index (κ1) is 14.1. The van der Waals surface area contributed by atoms with E-state index in [1.54, 1.807) is 36.4 Å². The number of hydrogen-bond acceptors (Lipinski definition) is 6. The van der Waals surface area contributed by atoms with Gasteiger partial charge in [-0.05, 0) is 36.4 Å². The van der Waals surface area contributed by atoms with Crippen molar-refractivity contribution in [3.05, 3.63) is 53.3 Å². The van der Waals surface area contributed by atoms with Crippen LogP contribution in [0.5, 0.6) is 0 Å². The van der Waals surface area contributed by atoms with E-state index in [0.29, 0.717) is 21.6 Å². The molecule has 4 rings (SSSR count). The Hall–Kier alpha value is -2.51. The van der Waals surface area contributed by atoms with Crippen LogP contribution in [0.15, 0.2) is 46.9 Å². The van der Waals surface area contributed by atoms with Crippen molar-refractivity contribution in [3.63, 3.8) is 0 Å². The minimum absolute atomic E-state index is 0.189. The third-order valence-electron chi connectivity index (χ3n) is 3.10. The van der Waals surface area contributed by atoms with Gasteiger partial charge in [0.25, 0.3) is 0 Å². The van der Waals surface area contributed by atoms with Gasteiger partial charge in [0.15, 0.2) is 5.13 Å². The summed E-state index contributed by atoms with van der Waals surface area (Å²) < 4.78 is 19.9. The maximum absolute atomic E-state index is 13.7. The molecule has 0 saturated carbocycles. The average molecular weight is 347 g/mol. The van der Waals surface area contributed by atoms with Crippen LogP contribution in [0.1, 0.15) is 0 Å². The van der Waals surface area contributed by atoms with Crippen LogP contribution in [0.25, 0.3) is 21.7 Å². The third kappa shape index (κ3) is 2.76. The first-order chi connectivity index (χ1) is 11.2. The number of halogens is 2. The molecular weight excluding hydrogens is 339 g/mol. The van der Waals surface area contributed by atoms with Gasteiger partial charge in [0.05, 0.1) is 4.70 Å². The minimum atomic E-state index is -0.362. The molecule has 4 aromatic rings. The molecule has 0 aliphatic rings. The van der Waals surface area contributed by atoms with E-state index in [-0.39, 0.29) is 11.8 Å². The Balaban J connectivity index is 1.61. The van der Waals surface area contributed by atoms with Crippen LogP contribution in [-0.4, -0.2) is 15.2 Å². The molecule has 2 aromatic heterocycles. The van der Waals surface area contributed by atoms with Gasteiger partial charge in [-0.15, -0.1) is 5.10 Å². The third-order valence-corrected chi connectivity index (χ3v) is 4.29. The van der Waals surface area contributed by atoms with Gasteiger partial charge in [-0.2, -0.15) is 0 Å². The molecule has 0 unspecified atom stereocenters. The molecule has 0 amide bonds. The van der Waals surface area contributed by atoms with Crippen molar-refractivity contribution in [3.8, 4) is 11.5 Å². The number of nitrogens with one attached hydrogen (secondary N) is 1. The topological polar surface area (TPSA) is 63.8 Å². The fraction of sp³-hybridized carbons (Fsp3) is 0. The summed E-state index contributed by atoms with van der Waals surface area (Å²) in [6.45, 7) is 0. The van der Waals surface area contributed by atoms with Gasteiger partial charge in [-0.25, -0.2) is 9.37 Å². The molecule has 0 atom stereocenters. The lowest BCUT2D eigenvalue weighted by Crippen LogP contribution is -1.89. The lowest BCUT2D eigenvalue weighted by atomic mass is 10.2. The molecule has 0 aliphatic heterocycles. The SMILES string of the molecule is Fc1cccc2sc(Nc3nnc(-c4ccc(Cl)cc4)o3)nc12. The average Bonchev–Trinajstić information content (AvgIpc) is 3.16. The molecule has 23 heavy (non-hydrogen) atoms. The van der Waals surface area contributed by atoms with Crippen LogP contribution in [0.4, 0.5) is 15.5 Å². The predicted octanol–water partition coefficient (Wildman–Crippen LogP) is 4.88. The van der Waals surface area contributed by atoms with Crippen molar-refractivity contribution in [1.82, 2.24) is 15.2 Å². The van der Waals surface area contributed by atoms with Gasteiger partial charge in [-0.1, -0.05) is 34.1 Å². The molecule has 0 saturated heterocycles. The lowest BCUT2D eigenvalue weighted by molar-refractivity contribution is 0.587. The Labute approximate surface area is 138 Å². The molecule has 0 aliphatic carbocycles. The highest BCUT2D eigenvalue weighted by atomic mass is 35.5. The molecule has 1 N–H and O–H groups in total. The van der Waals surface area contributed by atoms with Gasteiger partial charge in [-0.3, -0.25) is 5.32 Å². The van der Waals surface area contributed by atoms with Gasteiger partial charge in [0.1, 0.15) is 11.3 Å². The van der Waals surface area contributed by atoms with Crippen molar-refractivity contribution in [1.29, 1.82) is 0 Å². The summed E-state index contributed by atoms with van der Waals surface area (Å²) in [5, 5.41) is 11.9. The largest absolute Gasteiger partial charge is 0.403 e. The minimum Gasteiger partial charge on any atom is -0.403 e. The van der Waals surface area contributed by atoms with Gasteiger partial charge < -0.3 is 4.42 Å². The Morgan fingerprint density at radius 2 is 1.91 bits per heavy atom. The number of benzene rings is 2. The zero-order chi connectivity index (χ0) is 15.8. The number of anilines is 2. The van der Waals surface area contributed by atoms with Gasteiger partial charge in [0, 0.05) is 10.6 Å². The highest BCUT2D eigenvalue weighted by Gasteiger charge is 2.12. The van der Waals surface area contributed by atoms with Crippen LogP contribution in [0.3, 0.4) is 0 Å². The second-order valence-electron chi connectivity index (χ2n) is 4.65.